The molecule has 0 fully saturated rings. The third-order valence-corrected chi connectivity index (χ3v) is 8.29. The fourth-order valence-electron chi connectivity index (χ4n) is 4.12. The van der Waals surface area contributed by atoms with E-state index in [0.29, 0.717) is 21.6 Å². The Morgan fingerprint density at radius 2 is 2.21 bits per heavy atom. The van der Waals surface area contributed by atoms with Crippen LogP contribution in [0, 0.1) is 17.2 Å². The van der Waals surface area contributed by atoms with Crippen molar-refractivity contribution in [2.75, 3.05) is 30.1 Å². The van der Waals surface area contributed by atoms with Gasteiger partial charge in [0.2, 0.25) is 5.91 Å². The average molecular weight is 481 g/mol. The number of hydrogen-bond donors (Lipinski definition) is 1. The standard InChI is InChI=1S/C24H28N6OS2/c1-5-15-9-10-18-19(13-25)23(33-20(18)11-15)26-21(31)14-32-24-28-27-22(30(24)4)16-7-6-8-17(12-16)29(2)3/h6-8,12,15H,5,9-11,14H2,1-4H3,(H,26,31). The molecule has 1 aliphatic carbocycles. The number of thioether (sulfide) groups is 1. The van der Waals surface area contributed by atoms with E-state index in [1.165, 1.54) is 16.6 Å². The third-order valence-electron chi connectivity index (χ3n) is 6.10. The van der Waals surface area contributed by atoms with Crippen LogP contribution < -0.4 is 10.2 Å². The van der Waals surface area contributed by atoms with Crippen LogP contribution in [0.25, 0.3) is 11.4 Å². The summed E-state index contributed by atoms with van der Waals surface area (Å²) in [5.41, 5.74) is 3.83. The van der Waals surface area contributed by atoms with Crippen molar-refractivity contribution in [3.05, 3.63) is 40.3 Å². The van der Waals surface area contributed by atoms with Crippen molar-refractivity contribution in [3.8, 4) is 17.5 Å². The van der Waals surface area contributed by atoms with Gasteiger partial charge in [-0.05, 0) is 42.9 Å². The van der Waals surface area contributed by atoms with Crippen molar-refractivity contribution in [2.45, 2.75) is 37.8 Å². The molecule has 33 heavy (non-hydrogen) atoms. The topological polar surface area (TPSA) is 86.8 Å². The van der Waals surface area contributed by atoms with E-state index in [4.69, 9.17) is 0 Å². The lowest BCUT2D eigenvalue weighted by Gasteiger charge is -2.20. The summed E-state index contributed by atoms with van der Waals surface area (Å²) in [6.07, 6.45) is 4.20. The zero-order valence-electron chi connectivity index (χ0n) is 19.4. The lowest BCUT2D eigenvalue weighted by molar-refractivity contribution is -0.113. The summed E-state index contributed by atoms with van der Waals surface area (Å²) in [7, 11) is 5.91. The predicted molar refractivity (Wildman–Crippen MR) is 135 cm³/mol. The minimum absolute atomic E-state index is 0.138. The highest BCUT2D eigenvalue weighted by molar-refractivity contribution is 7.99. The number of amides is 1. The Morgan fingerprint density at radius 3 is 2.94 bits per heavy atom. The van der Waals surface area contributed by atoms with E-state index in [1.807, 2.05) is 48.8 Å². The molecule has 7 nitrogen and oxygen atoms in total. The third kappa shape index (κ3) is 4.92. The lowest BCUT2D eigenvalue weighted by Crippen LogP contribution is -2.14. The maximum atomic E-state index is 12.7. The summed E-state index contributed by atoms with van der Waals surface area (Å²) in [4.78, 5) is 16.0. The van der Waals surface area contributed by atoms with Gasteiger partial charge in [-0.15, -0.1) is 21.5 Å². The smallest absolute Gasteiger partial charge is 0.235 e. The molecule has 1 amide bonds. The first-order valence-corrected chi connectivity index (χ1v) is 12.9. The van der Waals surface area contributed by atoms with E-state index < -0.39 is 0 Å². The van der Waals surface area contributed by atoms with Gasteiger partial charge in [0.15, 0.2) is 11.0 Å². The largest absolute Gasteiger partial charge is 0.378 e. The van der Waals surface area contributed by atoms with Crippen molar-refractivity contribution in [3.63, 3.8) is 0 Å². The molecule has 1 unspecified atom stereocenters. The second kappa shape index (κ2) is 9.98. The van der Waals surface area contributed by atoms with Crippen molar-refractivity contribution in [2.24, 2.45) is 13.0 Å². The molecule has 1 aromatic carbocycles. The van der Waals surface area contributed by atoms with E-state index in [-0.39, 0.29) is 11.7 Å². The van der Waals surface area contributed by atoms with E-state index in [0.717, 1.165) is 48.3 Å². The van der Waals surface area contributed by atoms with Crippen LogP contribution in [-0.4, -0.2) is 40.5 Å². The number of nitrogens with one attached hydrogen (secondary N) is 1. The molecular weight excluding hydrogens is 452 g/mol. The number of benzene rings is 1. The predicted octanol–water partition coefficient (Wildman–Crippen LogP) is 4.73. The van der Waals surface area contributed by atoms with Crippen LogP contribution in [0.2, 0.25) is 0 Å². The van der Waals surface area contributed by atoms with Crippen LogP contribution in [0.4, 0.5) is 10.7 Å². The van der Waals surface area contributed by atoms with Crippen molar-refractivity contribution in [1.29, 1.82) is 5.26 Å². The SMILES string of the molecule is CCC1CCc2c(sc(NC(=O)CSc3nnc(-c4cccc(N(C)C)c4)n3C)c2C#N)C1. The van der Waals surface area contributed by atoms with Crippen molar-refractivity contribution < 1.29 is 4.79 Å². The van der Waals surface area contributed by atoms with Gasteiger partial charge >= 0.3 is 0 Å². The Hall–Kier alpha value is -2.83. The molecule has 0 saturated carbocycles. The number of carbonyl (C=O) groups excluding carboxylic acids is 1. The molecule has 2 heterocycles. The Kier molecular flexibility index (Phi) is 7.05. The number of aromatic nitrogens is 3. The summed E-state index contributed by atoms with van der Waals surface area (Å²) >= 11 is 2.90. The monoisotopic (exact) mass is 480 g/mol. The Labute approximate surface area is 202 Å². The fourth-order valence-corrected chi connectivity index (χ4v) is 6.16. The number of rotatable bonds is 7. The Bertz CT molecular complexity index is 1210. The number of nitriles is 1. The van der Waals surface area contributed by atoms with Gasteiger partial charge in [-0.3, -0.25) is 4.79 Å². The quantitative estimate of drug-likeness (QED) is 0.492. The van der Waals surface area contributed by atoms with Gasteiger partial charge < -0.3 is 14.8 Å². The van der Waals surface area contributed by atoms with Crippen LogP contribution in [0.5, 0.6) is 0 Å². The summed E-state index contributed by atoms with van der Waals surface area (Å²) in [5.74, 6) is 1.49. The average Bonchev–Trinajstić information content (AvgIpc) is 3.36. The molecule has 2 aromatic heterocycles. The van der Waals surface area contributed by atoms with Crippen molar-refractivity contribution >= 4 is 39.7 Å². The molecule has 0 radical (unpaired) electrons. The van der Waals surface area contributed by atoms with Crippen molar-refractivity contribution in [1.82, 2.24) is 14.8 Å². The molecule has 0 saturated heterocycles. The van der Waals surface area contributed by atoms with Gasteiger partial charge in [0.1, 0.15) is 11.1 Å². The second-order valence-electron chi connectivity index (χ2n) is 8.48. The molecule has 0 aliphatic heterocycles. The zero-order chi connectivity index (χ0) is 23.5. The van der Waals surface area contributed by atoms with E-state index in [9.17, 15) is 10.1 Å². The summed E-state index contributed by atoms with van der Waals surface area (Å²) in [5, 5.41) is 22.6. The van der Waals surface area contributed by atoms with Crippen LogP contribution in [-0.2, 0) is 24.7 Å². The molecule has 3 aromatic rings. The highest BCUT2D eigenvalue weighted by atomic mass is 32.2. The Morgan fingerprint density at radius 1 is 1.39 bits per heavy atom. The van der Waals surface area contributed by atoms with Gasteiger partial charge in [-0.25, -0.2) is 0 Å². The van der Waals surface area contributed by atoms with Gasteiger partial charge in [0.05, 0.1) is 11.3 Å². The highest BCUT2D eigenvalue weighted by Gasteiger charge is 2.26. The number of nitrogens with zero attached hydrogens (tertiary/aromatic N) is 5. The minimum atomic E-state index is -0.138. The Balaban J connectivity index is 1.43. The van der Waals surface area contributed by atoms with Crippen LogP contribution in [0.1, 0.15) is 35.8 Å². The molecule has 0 spiro atoms. The first-order valence-electron chi connectivity index (χ1n) is 11.1. The van der Waals surface area contributed by atoms with E-state index >= 15 is 0 Å². The number of thiophene rings is 1. The highest BCUT2D eigenvalue weighted by Crippen LogP contribution is 2.40. The minimum Gasteiger partial charge on any atom is -0.378 e. The molecule has 4 rings (SSSR count). The zero-order valence-corrected chi connectivity index (χ0v) is 21.0. The molecule has 172 valence electrons. The van der Waals surface area contributed by atoms with Gasteiger partial charge in [0.25, 0.3) is 0 Å². The van der Waals surface area contributed by atoms with Crippen LogP contribution in [0.15, 0.2) is 29.4 Å². The molecule has 1 aliphatic rings. The lowest BCUT2D eigenvalue weighted by atomic mass is 9.86. The first kappa shape index (κ1) is 23.3. The number of carbonyl (C=O) groups is 1. The molecule has 9 heteroatoms. The summed E-state index contributed by atoms with van der Waals surface area (Å²) < 4.78 is 1.90. The number of hydrogen-bond acceptors (Lipinski definition) is 7. The maximum absolute atomic E-state index is 12.7. The summed E-state index contributed by atoms with van der Waals surface area (Å²) in [6.45, 7) is 2.21. The summed E-state index contributed by atoms with van der Waals surface area (Å²) in [6, 6.07) is 10.4. The van der Waals surface area contributed by atoms with Gasteiger partial charge in [-0.2, -0.15) is 5.26 Å². The van der Waals surface area contributed by atoms with E-state index in [1.54, 1.807) is 11.3 Å². The second-order valence-corrected chi connectivity index (χ2v) is 10.5. The van der Waals surface area contributed by atoms with Crippen LogP contribution in [0.3, 0.4) is 0 Å². The molecular formula is C24H28N6OS2. The normalized spacial score (nSPS) is 15.1. The maximum Gasteiger partial charge on any atom is 0.235 e. The van der Waals surface area contributed by atoms with Gasteiger partial charge in [-0.1, -0.05) is 37.2 Å². The van der Waals surface area contributed by atoms with Crippen LogP contribution >= 0.6 is 23.1 Å². The molecule has 1 atom stereocenters. The number of anilines is 2. The fraction of sp³-hybridized carbons (Fsp3) is 0.417. The van der Waals surface area contributed by atoms with Gasteiger partial charge in [0, 0.05) is 37.3 Å². The van der Waals surface area contributed by atoms with E-state index in [2.05, 4.69) is 34.6 Å². The molecule has 1 N–H and O–H groups in total. The molecule has 0 bridgehead atoms. The first-order chi connectivity index (χ1) is 15.9. The number of fused-ring (bicyclic) bond motifs is 1.